The lowest BCUT2D eigenvalue weighted by Gasteiger charge is -2.14. The standard InChI is InChI=1S/C13H18N2/c1-4-12(8-14)9-15-13-10(2)6-5-7-11(13)3/h5-7,12,15H,4,9H2,1-3H3. The van der Waals surface area contributed by atoms with Gasteiger partial charge in [0.05, 0.1) is 12.0 Å². The molecule has 2 heteroatoms. The number of hydrogen-bond donors (Lipinski definition) is 1. The third kappa shape index (κ3) is 2.99. The van der Waals surface area contributed by atoms with Gasteiger partial charge in [0.15, 0.2) is 0 Å². The van der Waals surface area contributed by atoms with E-state index in [9.17, 15) is 0 Å². The van der Waals surface area contributed by atoms with Crippen LogP contribution in [0.2, 0.25) is 0 Å². The minimum Gasteiger partial charge on any atom is -0.383 e. The molecule has 0 fully saturated rings. The molecule has 0 heterocycles. The van der Waals surface area contributed by atoms with Gasteiger partial charge >= 0.3 is 0 Å². The van der Waals surface area contributed by atoms with E-state index in [-0.39, 0.29) is 5.92 Å². The molecule has 0 aliphatic heterocycles. The van der Waals surface area contributed by atoms with Gasteiger partial charge in [0, 0.05) is 12.2 Å². The lowest BCUT2D eigenvalue weighted by Crippen LogP contribution is -2.13. The molecule has 0 aromatic heterocycles. The topological polar surface area (TPSA) is 35.8 Å². The van der Waals surface area contributed by atoms with E-state index in [4.69, 9.17) is 5.26 Å². The molecule has 0 radical (unpaired) electrons. The lowest BCUT2D eigenvalue weighted by atomic mass is 10.1. The molecule has 0 bridgehead atoms. The average Bonchev–Trinajstić information content (AvgIpc) is 2.23. The first-order valence-corrected chi connectivity index (χ1v) is 5.38. The Kier molecular flexibility index (Phi) is 4.17. The molecule has 1 aromatic rings. The first-order valence-electron chi connectivity index (χ1n) is 5.38. The summed E-state index contributed by atoms with van der Waals surface area (Å²) in [4.78, 5) is 0. The van der Waals surface area contributed by atoms with Crippen LogP contribution in [0.3, 0.4) is 0 Å². The number of anilines is 1. The Hall–Kier alpha value is -1.49. The Labute approximate surface area is 91.9 Å². The van der Waals surface area contributed by atoms with Gasteiger partial charge in [0.25, 0.3) is 0 Å². The Bertz CT molecular complexity index is 343. The normalized spacial score (nSPS) is 11.9. The molecule has 1 aromatic carbocycles. The summed E-state index contributed by atoms with van der Waals surface area (Å²) in [7, 11) is 0. The number of benzene rings is 1. The molecule has 0 spiro atoms. The van der Waals surface area contributed by atoms with Gasteiger partial charge in [-0.15, -0.1) is 0 Å². The number of nitrogens with one attached hydrogen (secondary N) is 1. The van der Waals surface area contributed by atoms with Crippen LogP contribution in [0.1, 0.15) is 24.5 Å². The van der Waals surface area contributed by atoms with Gasteiger partial charge in [-0.3, -0.25) is 0 Å². The van der Waals surface area contributed by atoms with Crippen molar-refractivity contribution in [2.75, 3.05) is 11.9 Å². The summed E-state index contributed by atoms with van der Waals surface area (Å²) in [5, 5.41) is 12.2. The minimum atomic E-state index is 0.101. The highest BCUT2D eigenvalue weighted by Crippen LogP contribution is 2.19. The number of aryl methyl sites for hydroxylation is 2. The van der Waals surface area contributed by atoms with E-state index in [0.717, 1.165) is 13.0 Å². The molecule has 2 nitrogen and oxygen atoms in total. The van der Waals surface area contributed by atoms with Crippen LogP contribution in [0.4, 0.5) is 5.69 Å². The second-order valence-electron chi connectivity index (χ2n) is 3.88. The number of nitriles is 1. The molecule has 1 atom stereocenters. The van der Waals surface area contributed by atoms with Crippen LogP contribution in [-0.2, 0) is 0 Å². The second-order valence-corrected chi connectivity index (χ2v) is 3.88. The third-order valence-electron chi connectivity index (χ3n) is 2.68. The highest BCUT2D eigenvalue weighted by Gasteiger charge is 2.06. The van der Waals surface area contributed by atoms with Gasteiger partial charge in [-0.1, -0.05) is 25.1 Å². The van der Waals surface area contributed by atoms with Crippen molar-refractivity contribution in [3.63, 3.8) is 0 Å². The summed E-state index contributed by atoms with van der Waals surface area (Å²) in [6.07, 6.45) is 0.897. The van der Waals surface area contributed by atoms with Crippen LogP contribution in [0.15, 0.2) is 18.2 Å². The molecule has 1 rings (SSSR count). The first-order chi connectivity index (χ1) is 7.19. The van der Waals surface area contributed by atoms with Gasteiger partial charge in [0.2, 0.25) is 0 Å². The zero-order valence-electron chi connectivity index (χ0n) is 9.67. The molecule has 15 heavy (non-hydrogen) atoms. The summed E-state index contributed by atoms with van der Waals surface area (Å²) in [6.45, 7) is 6.95. The van der Waals surface area contributed by atoms with E-state index in [0.29, 0.717) is 0 Å². The Morgan fingerprint density at radius 1 is 1.33 bits per heavy atom. The highest BCUT2D eigenvalue weighted by atomic mass is 14.9. The maximum atomic E-state index is 8.85. The predicted octanol–water partition coefficient (Wildman–Crippen LogP) is 3.27. The Balaban J connectivity index is 2.69. The highest BCUT2D eigenvalue weighted by molar-refractivity contribution is 5.56. The van der Waals surface area contributed by atoms with E-state index >= 15 is 0 Å². The fourth-order valence-electron chi connectivity index (χ4n) is 1.60. The van der Waals surface area contributed by atoms with Crippen molar-refractivity contribution < 1.29 is 0 Å². The van der Waals surface area contributed by atoms with Crippen LogP contribution in [0, 0.1) is 31.1 Å². The maximum absolute atomic E-state index is 8.85. The zero-order valence-corrected chi connectivity index (χ0v) is 9.67. The number of para-hydroxylation sites is 1. The van der Waals surface area contributed by atoms with E-state index in [1.807, 2.05) is 6.92 Å². The SMILES string of the molecule is CCC(C#N)CNc1c(C)cccc1C. The molecule has 0 aliphatic rings. The predicted molar refractivity (Wildman–Crippen MR) is 63.8 cm³/mol. The van der Waals surface area contributed by atoms with Crippen LogP contribution >= 0.6 is 0 Å². The van der Waals surface area contributed by atoms with Gasteiger partial charge in [-0.25, -0.2) is 0 Å². The molecule has 80 valence electrons. The van der Waals surface area contributed by atoms with Crippen molar-refractivity contribution in [1.29, 1.82) is 5.26 Å². The first kappa shape index (κ1) is 11.6. The van der Waals surface area contributed by atoms with Crippen molar-refractivity contribution in [2.45, 2.75) is 27.2 Å². The average molecular weight is 202 g/mol. The van der Waals surface area contributed by atoms with Crippen molar-refractivity contribution in [3.05, 3.63) is 29.3 Å². The summed E-state index contributed by atoms with van der Waals surface area (Å²) >= 11 is 0. The van der Waals surface area contributed by atoms with E-state index in [1.165, 1.54) is 16.8 Å². The Morgan fingerprint density at radius 3 is 2.40 bits per heavy atom. The van der Waals surface area contributed by atoms with E-state index in [1.54, 1.807) is 0 Å². The fourth-order valence-corrected chi connectivity index (χ4v) is 1.60. The monoisotopic (exact) mass is 202 g/mol. The van der Waals surface area contributed by atoms with Crippen molar-refractivity contribution in [3.8, 4) is 6.07 Å². The van der Waals surface area contributed by atoms with Crippen LogP contribution in [-0.4, -0.2) is 6.54 Å². The summed E-state index contributed by atoms with van der Waals surface area (Å²) < 4.78 is 0. The fraction of sp³-hybridized carbons (Fsp3) is 0.462. The summed E-state index contributed by atoms with van der Waals surface area (Å²) in [5.74, 6) is 0.101. The van der Waals surface area contributed by atoms with Crippen LogP contribution in [0.25, 0.3) is 0 Å². The second kappa shape index (κ2) is 5.41. The summed E-state index contributed by atoms with van der Waals surface area (Å²) in [5.41, 5.74) is 3.65. The van der Waals surface area contributed by atoms with Gasteiger partial charge in [0.1, 0.15) is 0 Å². The molecule has 0 amide bonds. The molecule has 0 aliphatic carbocycles. The zero-order chi connectivity index (χ0) is 11.3. The number of hydrogen-bond acceptors (Lipinski definition) is 2. The van der Waals surface area contributed by atoms with Gasteiger partial charge in [-0.05, 0) is 31.4 Å². The molecule has 0 saturated heterocycles. The molecule has 1 N–H and O–H groups in total. The molecular weight excluding hydrogens is 184 g/mol. The van der Waals surface area contributed by atoms with E-state index < -0.39 is 0 Å². The largest absolute Gasteiger partial charge is 0.383 e. The molecule has 1 unspecified atom stereocenters. The van der Waals surface area contributed by atoms with Crippen LogP contribution in [0.5, 0.6) is 0 Å². The van der Waals surface area contributed by atoms with Crippen molar-refractivity contribution >= 4 is 5.69 Å². The number of rotatable bonds is 4. The van der Waals surface area contributed by atoms with E-state index in [2.05, 4.69) is 43.4 Å². The van der Waals surface area contributed by atoms with Crippen LogP contribution < -0.4 is 5.32 Å². The summed E-state index contributed by atoms with van der Waals surface area (Å²) in [6, 6.07) is 8.52. The van der Waals surface area contributed by atoms with Crippen molar-refractivity contribution in [2.24, 2.45) is 5.92 Å². The van der Waals surface area contributed by atoms with Gasteiger partial charge in [-0.2, -0.15) is 5.26 Å². The maximum Gasteiger partial charge on any atom is 0.0674 e. The Morgan fingerprint density at radius 2 is 1.93 bits per heavy atom. The third-order valence-corrected chi connectivity index (χ3v) is 2.68. The molecule has 0 saturated carbocycles. The minimum absolute atomic E-state index is 0.101. The van der Waals surface area contributed by atoms with Crippen molar-refractivity contribution in [1.82, 2.24) is 0 Å². The molecular formula is C13H18N2. The lowest BCUT2D eigenvalue weighted by molar-refractivity contribution is 0.673. The number of nitrogens with zero attached hydrogens (tertiary/aromatic N) is 1. The smallest absolute Gasteiger partial charge is 0.0674 e. The van der Waals surface area contributed by atoms with Gasteiger partial charge < -0.3 is 5.32 Å². The quantitative estimate of drug-likeness (QED) is 0.813.